The first-order valence-electron chi connectivity index (χ1n) is 14.6. The lowest BCUT2D eigenvalue weighted by molar-refractivity contribution is 0.0471. The summed E-state index contributed by atoms with van der Waals surface area (Å²) in [7, 11) is -1.89. The summed E-state index contributed by atoms with van der Waals surface area (Å²) >= 11 is 0. The molecule has 43 heavy (non-hydrogen) atoms. The van der Waals surface area contributed by atoms with E-state index in [1.54, 1.807) is 38.4 Å². The molecule has 0 aliphatic heterocycles. The molecule has 0 bridgehead atoms. The fraction of sp³-hybridized carbons (Fsp3) is 0.455. The molecule has 1 heterocycles. The maximum absolute atomic E-state index is 12.9. The molecule has 0 atom stereocenters. The van der Waals surface area contributed by atoms with Crippen molar-refractivity contribution in [3.8, 4) is 28.4 Å². The van der Waals surface area contributed by atoms with E-state index in [1.165, 1.54) is 10.6 Å². The van der Waals surface area contributed by atoms with Crippen molar-refractivity contribution in [1.82, 2.24) is 9.88 Å². The second kappa shape index (κ2) is 12.8. The third kappa shape index (κ3) is 7.98. The molecule has 4 rings (SSSR count). The minimum atomic E-state index is -3.53. The molecule has 2 aromatic carbocycles. The van der Waals surface area contributed by atoms with Crippen molar-refractivity contribution in [3.63, 3.8) is 0 Å². The van der Waals surface area contributed by atoms with Crippen molar-refractivity contribution in [2.45, 2.75) is 89.9 Å². The Hall–Kier alpha value is -3.79. The third-order valence-electron chi connectivity index (χ3n) is 7.48. The largest absolute Gasteiger partial charge is 0.490 e. The number of rotatable bonds is 8. The number of pyridine rings is 1. The summed E-state index contributed by atoms with van der Waals surface area (Å²) in [6.45, 7) is 11.0. The Balaban J connectivity index is 1.68. The van der Waals surface area contributed by atoms with Gasteiger partial charge in [-0.3, -0.25) is 4.79 Å². The Labute approximate surface area is 254 Å². The van der Waals surface area contributed by atoms with Crippen molar-refractivity contribution in [2.75, 3.05) is 5.75 Å². The lowest BCUT2D eigenvalue weighted by Gasteiger charge is -2.31. The Morgan fingerprint density at radius 2 is 1.63 bits per heavy atom. The number of carbonyl (C=O) groups excluding carboxylic acids is 1. The third-order valence-corrected chi connectivity index (χ3v) is 9.21. The van der Waals surface area contributed by atoms with Gasteiger partial charge in [0.05, 0.1) is 16.8 Å². The Bertz CT molecular complexity index is 1630. The van der Waals surface area contributed by atoms with Crippen LogP contribution in [0, 0.1) is 13.8 Å². The van der Waals surface area contributed by atoms with E-state index in [0.29, 0.717) is 54.1 Å². The first-order valence-corrected chi connectivity index (χ1v) is 16.3. The molecule has 9 nitrogen and oxygen atoms in total. The average Bonchev–Trinajstić information content (AvgIpc) is 2.93. The first-order chi connectivity index (χ1) is 20.2. The van der Waals surface area contributed by atoms with Crippen molar-refractivity contribution >= 4 is 15.9 Å². The van der Waals surface area contributed by atoms with Crippen LogP contribution < -0.4 is 20.3 Å². The molecule has 1 aliphatic rings. The van der Waals surface area contributed by atoms with E-state index in [0.717, 1.165) is 11.1 Å². The van der Waals surface area contributed by atoms with Crippen LogP contribution in [-0.2, 0) is 21.6 Å². The minimum absolute atomic E-state index is 0.0360. The molecule has 3 aromatic rings. The van der Waals surface area contributed by atoms with E-state index < -0.39 is 21.5 Å². The predicted octanol–water partition coefficient (Wildman–Crippen LogP) is 6.47. The summed E-state index contributed by atoms with van der Waals surface area (Å²) in [6, 6.07) is 12.1. The molecule has 0 saturated heterocycles. The van der Waals surface area contributed by atoms with Gasteiger partial charge >= 0.3 is 6.09 Å². The summed E-state index contributed by atoms with van der Waals surface area (Å²) < 4.78 is 45.5. The number of aryl methyl sites for hydroxylation is 3. The second-order valence-corrected chi connectivity index (χ2v) is 14.4. The molecular formula is C33H42N2O7S. The molecule has 1 saturated carbocycles. The number of benzene rings is 2. The van der Waals surface area contributed by atoms with E-state index in [1.807, 2.05) is 52.8 Å². The summed E-state index contributed by atoms with van der Waals surface area (Å²) in [5, 5.41) is 2.94. The number of carbonyl (C=O) groups is 1. The molecule has 1 aromatic heterocycles. The van der Waals surface area contributed by atoms with Crippen LogP contribution in [0.25, 0.3) is 11.1 Å². The van der Waals surface area contributed by atoms with Crippen LogP contribution in [0.1, 0.15) is 64.5 Å². The van der Waals surface area contributed by atoms with Crippen LogP contribution in [0.2, 0.25) is 0 Å². The normalized spacial score (nSPS) is 17.3. The van der Waals surface area contributed by atoms with Gasteiger partial charge in [-0.25, -0.2) is 13.2 Å². The van der Waals surface area contributed by atoms with Crippen LogP contribution >= 0.6 is 0 Å². The van der Waals surface area contributed by atoms with Gasteiger partial charge in [-0.15, -0.1) is 0 Å². The summed E-state index contributed by atoms with van der Waals surface area (Å²) in [5.74, 6) is 1.42. The number of para-hydroxylation sites is 1. The second-order valence-electron chi connectivity index (χ2n) is 12.1. The fourth-order valence-electron chi connectivity index (χ4n) is 5.13. The number of ether oxygens (including phenoxy) is 3. The minimum Gasteiger partial charge on any atom is -0.490 e. The zero-order valence-electron chi connectivity index (χ0n) is 26.0. The number of alkyl carbamates (subject to hydrolysis) is 1. The molecule has 232 valence electrons. The average molecular weight is 611 g/mol. The topological polar surface area (TPSA) is 113 Å². The molecule has 0 spiro atoms. The van der Waals surface area contributed by atoms with Gasteiger partial charge in [-0.1, -0.05) is 25.1 Å². The van der Waals surface area contributed by atoms with E-state index in [-0.39, 0.29) is 28.4 Å². The van der Waals surface area contributed by atoms with E-state index >= 15 is 0 Å². The maximum Gasteiger partial charge on any atom is 0.407 e. The molecule has 1 N–H and O–H groups in total. The van der Waals surface area contributed by atoms with Gasteiger partial charge in [-0.2, -0.15) is 0 Å². The molecule has 1 aliphatic carbocycles. The number of nitrogens with one attached hydrogen (secondary N) is 1. The Morgan fingerprint density at radius 3 is 2.23 bits per heavy atom. The molecule has 1 amide bonds. The van der Waals surface area contributed by atoms with Gasteiger partial charge in [0.1, 0.15) is 22.8 Å². The van der Waals surface area contributed by atoms with E-state index in [9.17, 15) is 18.0 Å². The molecule has 10 heteroatoms. The fourth-order valence-corrected chi connectivity index (χ4v) is 6.04. The van der Waals surface area contributed by atoms with Gasteiger partial charge in [0, 0.05) is 36.5 Å². The number of nitrogens with zero attached hydrogens (tertiary/aromatic N) is 1. The van der Waals surface area contributed by atoms with Crippen LogP contribution in [0.4, 0.5) is 4.79 Å². The SMILES string of the molecule is CCS(=O)(=O)c1ccc(Oc2c(C)cccc2C)c(-c2cn(C)c(=O)cc2O[C@H]2CC[C@H](NC(=O)OC(C)(C)C)CC2)c1. The Kier molecular flexibility index (Phi) is 9.59. The molecule has 1 fully saturated rings. The zero-order valence-corrected chi connectivity index (χ0v) is 26.8. The number of sulfone groups is 1. The van der Waals surface area contributed by atoms with Gasteiger partial charge in [0.2, 0.25) is 0 Å². The van der Waals surface area contributed by atoms with Crippen LogP contribution in [0.5, 0.6) is 17.2 Å². The highest BCUT2D eigenvalue weighted by Gasteiger charge is 2.27. The van der Waals surface area contributed by atoms with Gasteiger partial charge in [-0.05, 0) is 89.6 Å². The van der Waals surface area contributed by atoms with Crippen molar-refractivity contribution in [3.05, 3.63) is 70.1 Å². The van der Waals surface area contributed by atoms with Gasteiger partial charge < -0.3 is 24.1 Å². The summed E-state index contributed by atoms with van der Waals surface area (Å²) in [4.78, 5) is 25.2. The standard InChI is InChI=1S/C33H42N2O7S/c1-8-43(38,39)25-16-17-28(41-31-21(2)10-9-11-22(31)3)26(18-25)27-20-35(7)30(36)19-29(27)40-24-14-12-23(13-15-24)34-32(37)42-33(4,5)6/h9-11,16-20,23-24H,8,12-15H2,1-7H3,(H,34,37)/t23-,24-. The summed E-state index contributed by atoms with van der Waals surface area (Å²) in [5.41, 5.74) is 2.09. The predicted molar refractivity (Wildman–Crippen MR) is 167 cm³/mol. The number of amides is 1. The smallest absolute Gasteiger partial charge is 0.407 e. The number of hydrogen-bond acceptors (Lipinski definition) is 7. The number of hydrogen-bond donors (Lipinski definition) is 1. The lowest BCUT2D eigenvalue weighted by Crippen LogP contribution is -2.42. The Morgan fingerprint density at radius 1 is 0.977 bits per heavy atom. The molecule has 0 unspecified atom stereocenters. The maximum atomic E-state index is 12.9. The van der Waals surface area contributed by atoms with E-state index in [2.05, 4.69) is 5.32 Å². The lowest BCUT2D eigenvalue weighted by atomic mass is 9.93. The van der Waals surface area contributed by atoms with Gasteiger partial charge in [0.25, 0.3) is 5.56 Å². The molecular weight excluding hydrogens is 568 g/mol. The molecule has 0 radical (unpaired) electrons. The van der Waals surface area contributed by atoms with Crippen LogP contribution in [0.15, 0.2) is 58.4 Å². The van der Waals surface area contributed by atoms with Crippen molar-refractivity contribution in [2.24, 2.45) is 7.05 Å². The highest BCUT2D eigenvalue weighted by atomic mass is 32.2. The van der Waals surface area contributed by atoms with Crippen molar-refractivity contribution < 1.29 is 27.4 Å². The van der Waals surface area contributed by atoms with Crippen LogP contribution in [0.3, 0.4) is 0 Å². The van der Waals surface area contributed by atoms with Gasteiger partial charge in [0.15, 0.2) is 9.84 Å². The summed E-state index contributed by atoms with van der Waals surface area (Å²) in [6.07, 6.45) is 3.71. The highest BCUT2D eigenvalue weighted by molar-refractivity contribution is 7.91. The van der Waals surface area contributed by atoms with E-state index in [4.69, 9.17) is 14.2 Å². The van der Waals surface area contributed by atoms with Crippen LogP contribution in [-0.4, -0.2) is 42.6 Å². The monoisotopic (exact) mass is 610 g/mol. The quantitative estimate of drug-likeness (QED) is 0.311. The highest BCUT2D eigenvalue weighted by Crippen LogP contribution is 2.41. The first kappa shape index (κ1) is 32.1. The number of aromatic nitrogens is 1. The zero-order chi connectivity index (χ0) is 31.5. The van der Waals surface area contributed by atoms with Crippen molar-refractivity contribution in [1.29, 1.82) is 0 Å².